The number of rotatable bonds is 4. The Morgan fingerprint density at radius 2 is 2.06 bits per heavy atom. The number of hydrogen-bond donors (Lipinski definition) is 1. The number of ether oxygens (including phenoxy) is 1. The molecule has 1 aliphatic rings. The summed E-state index contributed by atoms with van der Waals surface area (Å²) in [6.07, 6.45) is 6.34. The van der Waals surface area contributed by atoms with Gasteiger partial charge in [-0.25, -0.2) is 4.39 Å². The first-order valence-corrected chi connectivity index (χ1v) is 6.81. The highest BCUT2D eigenvalue weighted by atomic mass is 19.1. The van der Waals surface area contributed by atoms with E-state index in [0.29, 0.717) is 12.5 Å². The van der Waals surface area contributed by atoms with E-state index >= 15 is 0 Å². The van der Waals surface area contributed by atoms with Crippen molar-refractivity contribution in [1.29, 1.82) is 0 Å². The standard InChI is InChI=1S/C15H22FNO/c1-11-9-13(16)7-8-15(11)18-10-14(17)12-5-3-2-4-6-12/h7-9,12,14H,2-6,10,17H2,1H3. The van der Waals surface area contributed by atoms with Crippen molar-refractivity contribution in [3.05, 3.63) is 29.6 Å². The van der Waals surface area contributed by atoms with Crippen molar-refractivity contribution >= 4 is 0 Å². The minimum Gasteiger partial charge on any atom is -0.492 e. The van der Waals surface area contributed by atoms with Gasteiger partial charge in [-0.05, 0) is 49.4 Å². The minimum absolute atomic E-state index is 0.0924. The molecule has 1 saturated carbocycles. The Balaban J connectivity index is 1.86. The molecule has 2 N–H and O–H groups in total. The average Bonchev–Trinajstić information content (AvgIpc) is 2.38. The zero-order chi connectivity index (χ0) is 13.0. The SMILES string of the molecule is Cc1cc(F)ccc1OCC(N)C1CCCCC1. The number of nitrogens with two attached hydrogens (primary N) is 1. The highest BCUT2D eigenvalue weighted by Crippen LogP contribution is 2.26. The number of halogens is 1. The smallest absolute Gasteiger partial charge is 0.123 e. The van der Waals surface area contributed by atoms with Gasteiger partial charge in [0.1, 0.15) is 18.2 Å². The van der Waals surface area contributed by atoms with Crippen LogP contribution in [0.3, 0.4) is 0 Å². The highest BCUT2D eigenvalue weighted by molar-refractivity contribution is 5.32. The fourth-order valence-electron chi connectivity index (χ4n) is 2.66. The van der Waals surface area contributed by atoms with Crippen molar-refractivity contribution in [2.24, 2.45) is 11.7 Å². The van der Waals surface area contributed by atoms with Crippen LogP contribution in [0.2, 0.25) is 0 Å². The molecule has 1 aromatic carbocycles. The minimum atomic E-state index is -0.226. The third-order valence-electron chi connectivity index (χ3n) is 3.82. The van der Waals surface area contributed by atoms with Gasteiger partial charge in [0.05, 0.1) is 0 Å². The second-order valence-corrected chi connectivity index (χ2v) is 5.28. The fraction of sp³-hybridized carbons (Fsp3) is 0.600. The molecule has 0 radical (unpaired) electrons. The summed E-state index contributed by atoms with van der Waals surface area (Å²) in [7, 11) is 0. The van der Waals surface area contributed by atoms with Crippen molar-refractivity contribution < 1.29 is 9.13 Å². The van der Waals surface area contributed by atoms with Crippen LogP contribution in [0.4, 0.5) is 4.39 Å². The van der Waals surface area contributed by atoms with Gasteiger partial charge in [0.2, 0.25) is 0 Å². The van der Waals surface area contributed by atoms with Gasteiger partial charge in [-0.3, -0.25) is 0 Å². The fourth-order valence-corrected chi connectivity index (χ4v) is 2.66. The third-order valence-corrected chi connectivity index (χ3v) is 3.82. The lowest BCUT2D eigenvalue weighted by Crippen LogP contribution is -2.37. The molecule has 0 spiro atoms. The van der Waals surface area contributed by atoms with Crippen LogP contribution in [0.15, 0.2) is 18.2 Å². The average molecular weight is 251 g/mol. The third kappa shape index (κ3) is 3.45. The van der Waals surface area contributed by atoms with E-state index < -0.39 is 0 Å². The molecule has 0 aliphatic heterocycles. The molecular weight excluding hydrogens is 229 g/mol. The lowest BCUT2D eigenvalue weighted by molar-refractivity contribution is 0.213. The summed E-state index contributed by atoms with van der Waals surface area (Å²) < 4.78 is 18.7. The van der Waals surface area contributed by atoms with E-state index in [4.69, 9.17) is 10.5 Å². The van der Waals surface area contributed by atoms with Gasteiger partial charge >= 0.3 is 0 Å². The molecule has 1 aliphatic carbocycles. The Hall–Kier alpha value is -1.09. The maximum absolute atomic E-state index is 13.0. The van der Waals surface area contributed by atoms with Crippen molar-refractivity contribution in [1.82, 2.24) is 0 Å². The summed E-state index contributed by atoms with van der Waals surface area (Å²) in [5.74, 6) is 1.10. The summed E-state index contributed by atoms with van der Waals surface area (Å²) in [6.45, 7) is 2.38. The molecule has 0 saturated heterocycles. The highest BCUT2D eigenvalue weighted by Gasteiger charge is 2.21. The predicted molar refractivity (Wildman–Crippen MR) is 71.2 cm³/mol. The second-order valence-electron chi connectivity index (χ2n) is 5.28. The molecule has 0 amide bonds. The molecule has 1 aromatic rings. The van der Waals surface area contributed by atoms with E-state index in [1.165, 1.54) is 44.2 Å². The molecule has 0 heterocycles. The molecular formula is C15H22FNO. The predicted octanol–water partition coefficient (Wildman–Crippen LogP) is 3.42. The number of benzene rings is 1. The molecule has 0 bridgehead atoms. The lowest BCUT2D eigenvalue weighted by Gasteiger charge is -2.27. The van der Waals surface area contributed by atoms with Gasteiger partial charge in [-0.15, -0.1) is 0 Å². The summed E-state index contributed by atoms with van der Waals surface area (Å²) in [6, 6.07) is 4.68. The van der Waals surface area contributed by atoms with Gasteiger partial charge in [0.25, 0.3) is 0 Å². The number of hydrogen-bond acceptors (Lipinski definition) is 2. The van der Waals surface area contributed by atoms with Gasteiger partial charge < -0.3 is 10.5 Å². The normalized spacial score (nSPS) is 18.6. The zero-order valence-corrected chi connectivity index (χ0v) is 11.0. The molecule has 1 fully saturated rings. The zero-order valence-electron chi connectivity index (χ0n) is 11.0. The molecule has 100 valence electrons. The van der Waals surface area contributed by atoms with E-state index in [1.807, 2.05) is 6.92 Å². The lowest BCUT2D eigenvalue weighted by atomic mass is 9.84. The maximum Gasteiger partial charge on any atom is 0.123 e. The van der Waals surface area contributed by atoms with Crippen molar-refractivity contribution in [2.45, 2.75) is 45.1 Å². The maximum atomic E-state index is 13.0. The van der Waals surface area contributed by atoms with E-state index in [-0.39, 0.29) is 11.9 Å². The van der Waals surface area contributed by atoms with Crippen molar-refractivity contribution in [3.63, 3.8) is 0 Å². The Labute approximate surface area is 108 Å². The van der Waals surface area contributed by atoms with Crippen LogP contribution < -0.4 is 10.5 Å². The molecule has 2 nitrogen and oxygen atoms in total. The van der Waals surface area contributed by atoms with E-state index in [2.05, 4.69) is 0 Å². The second kappa shape index (κ2) is 6.19. The van der Waals surface area contributed by atoms with Crippen LogP contribution in [0, 0.1) is 18.7 Å². The van der Waals surface area contributed by atoms with E-state index in [0.717, 1.165) is 11.3 Å². The van der Waals surface area contributed by atoms with E-state index in [1.54, 1.807) is 6.07 Å². The van der Waals surface area contributed by atoms with Crippen molar-refractivity contribution in [3.8, 4) is 5.75 Å². The first-order chi connectivity index (χ1) is 8.66. The number of aryl methyl sites for hydroxylation is 1. The largest absolute Gasteiger partial charge is 0.492 e. The summed E-state index contributed by atoms with van der Waals surface area (Å²) in [4.78, 5) is 0. The Morgan fingerprint density at radius 3 is 2.72 bits per heavy atom. The van der Waals surface area contributed by atoms with Crippen molar-refractivity contribution in [2.75, 3.05) is 6.61 Å². The molecule has 1 atom stereocenters. The van der Waals surface area contributed by atoms with Gasteiger partial charge in [-0.1, -0.05) is 19.3 Å². The molecule has 0 aromatic heterocycles. The topological polar surface area (TPSA) is 35.2 Å². The van der Waals surface area contributed by atoms with Gasteiger partial charge in [-0.2, -0.15) is 0 Å². The van der Waals surface area contributed by atoms with Crippen LogP contribution in [-0.2, 0) is 0 Å². The molecule has 3 heteroatoms. The Morgan fingerprint density at radius 1 is 1.33 bits per heavy atom. The summed E-state index contributed by atoms with van der Waals surface area (Å²) >= 11 is 0. The summed E-state index contributed by atoms with van der Waals surface area (Å²) in [5, 5.41) is 0. The first kappa shape index (κ1) is 13.3. The quantitative estimate of drug-likeness (QED) is 0.890. The molecule has 2 rings (SSSR count). The van der Waals surface area contributed by atoms with Crippen LogP contribution in [0.25, 0.3) is 0 Å². The Bertz CT molecular complexity index is 388. The van der Waals surface area contributed by atoms with Gasteiger partial charge in [0.15, 0.2) is 0 Å². The molecule has 18 heavy (non-hydrogen) atoms. The van der Waals surface area contributed by atoms with Crippen LogP contribution >= 0.6 is 0 Å². The van der Waals surface area contributed by atoms with E-state index in [9.17, 15) is 4.39 Å². The Kier molecular flexibility index (Phi) is 4.59. The van der Waals surface area contributed by atoms with Crippen LogP contribution in [-0.4, -0.2) is 12.6 Å². The molecule has 1 unspecified atom stereocenters. The monoisotopic (exact) mass is 251 g/mol. The summed E-state index contributed by atoms with van der Waals surface area (Å²) in [5.41, 5.74) is 7.00. The van der Waals surface area contributed by atoms with Crippen LogP contribution in [0.1, 0.15) is 37.7 Å². The first-order valence-electron chi connectivity index (χ1n) is 6.81. The van der Waals surface area contributed by atoms with Crippen LogP contribution in [0.5, 0.6) is 5.75 Å². The van der Waals surface area contributed by atoms with Gasteiger partial charge in [0, 0.05) is 6.04 Å².